The molecule has 0 bridgehead atoms. The number of benzene rings is 1. The Kier molecular flexibility index (Phi) is 5.19. The molecule has 0 saturated heterocycles. The van der Waals surface area contributed by atoms with Crippen LogP contribution in [0.4, 0.5) is 0 Å². The van der Waals surface area contributed by atoms with Crippen LogP contribution < -0.4 is 4.74 Å². The van der Waals surface area contributed by atoms with Gasteiger partial charge in [0, 0.05) is 6.42 Å². The third kappa shape index (κ3) is 4.21. The summed E-state index contributed by atoms with van der Waals surface area (Å²) in [5.41, 5.74) is 0. The highest BCUT2D eigenvalue weighted by molar-refractivity contribution is 5.69. The average molecular weight is 224 g/mol. The largest absolute Gasteiger partial charge is 0.504 e. The van der Waals surface area contributed by atoms with E-state index in [0.29, 0.717) is 31.8 Å². The molecule has 0 spiro atoms. The quantitative estimate of drug-likeness (QED) is 0.594. The Balaban J connectivity index is 2.21. The van der Waals surface area contributed by atoms with Crippen LogP contribution in [0.5, 0.6) is 11.5 Å². The second-order valence-corrected chi connectivity index (χ2v) is 3.22. The number of ether oxygens (including phenoxy) is 2. The van der Waals surface area contributed by atoms with E-state index < -0.39 is 0 Å². The van der Waals surface area contributed by atoms with Gasteiger partial charge in [-0.2, -0.15) is 0 Å². The Morgan fingerprint density at radius 3 is 2.81 bits per heavy atom. The maximum atomic E-state index is 11.0. The monoisotopic (exact) mass is 224 g/mol. The molecule has 0 saturated carbocycles. The van der Waals surface area contributed by atoms with Gasteiger partial charge in [0.25, 0.3) is 0 Å². The summed E-state index contributed by atoms with van der Waals surface area (Å²) >= 11 is 0. The summed E-state index contributed by atoms with van der Waals surface area (Å²) in [6.45, 7) is 2.56. The molecule has 0 radical (unpaired) electrons. The van der Waals surface area contributed by atoms with Crippen molar-refractivity contribution in [3.05, 3.63) is 24.3 Å². The van der Waals surface area contributed by atoms with Crippen LogP contribution >= 0.6 is 0 Å². The molecule has 88 valence electrons. The van der Waals surface area contributed by atoms with Gasteiger partial charge in [-0.3, -0.25) is 4.79 Å². The lowest BCUT2D eigenvalue weighted by molar-refractivity contribution is -0.143. The second kappa shape index (κ2) is 6.71. The van der Waals surface area contributed by atoms with Crippen LogP contribution in [-0.2, 0) is 9.53 Å². The molecular weight excluding hydrogens is 208 g/mol. The second-order valence-electron chi connectivity index (χ2n) is 3.22. The third-order valence-electron chi connectivity index (χ3n) is 1.95. The predicted octanol–water partition coefficient (Wildman–Crippen LogP) is 2.11. The van der Waals surface area contributed by atoms with Gasteiger partial charge in [-0.05, 0) is 25.5 Å². The predicted molar refractivity (Wildman–Crippen MR) is 59.5 cm³/mol. The molecule has 1 aromatic carbocycles. The molecule has 1 N–H and O–H groups in total. The molecule has 1 rings (SSSR count). The van der Waals surface area contributed by atoms with E-state index in [4.69, 9.17) is 9.47 Å². The van der Waals surface area contributed by atoms with Crippen molar-refractivity contribution in [1.29, 1.82) is 0 Å². The Morgan fingerprint density at radius 2 is 2.12 bits per heavy atom. The number of phenols is 1. The molecule has 0 heterocycles. The van der Waals surface area contributed by atoms with Crippen LogP contribution in [0.1, 0.15) is 19.8 Å². The summed E-state index contributed by atoms with van der Waals surface area (Å²) in [7, 11) is 0. The minimum Gasteiger partial charge on any atom is -0.504 e. The molecule has 0 aromatic heterocycles. The number of carbonyl (C=O) groups is 1. The molecule has 0 amide bonds. The van der Waals surface area contributed by atoms with Gasteiger partial charge in [0.2, 0.25) is 0 Å². The van der Waals surface area contributed by atoms with Crippen LogP contribution in [0, 0.1) is 0 Å². The first-order valence-corrected chi connectivity index (χ1v) is 5.30. The Hall–Kier alpha value is -1.71. The first kappa shape index (κ1) is 12.4. The van der Waals surface area contributed by atoms with Crippen LogP contribution in [-0.4, -0.2) is 24.3 Å². The van der Waals surface area contributed by atoms with Crippen molar-refractivity contribution >= 4 is 5.97 Å². The van der Waals surface area contributed by atoms with Crippen LogP contribution in [0.25, 0.3) is 0 Å². The van der Waals surface area contributed by atoms with Crippen molar-refractivity contribution in [1.82, 2.24) is 0 Å². The molecule has 0 aliphatic rings. The number of phenolic OH excluding ortho intramolecular Hbond substituents is 1. The maximum absolute atomic E-state index is 11.0. The number of aromatic hydroxyl groups is 1. The Morgan fingerprint density at radius 1 is 1.38 bits per heavy atom. The van der Waals surface area contributed by atoms with Gasteiger partial charge in [-0.25, -0.2) is 0 Å². The topological polar surface area (TPSA) is 55.8 Å². The fourth-order valence-electron chi connectivity index (χ4n) is 1.21. The van der Waals surface area contributed by atoms with Gasteiger partial charge >= 0.3 is 5.97 Å². The van der Waals surface area contributed by atoms with E-state index in [1.165, 1.54) is 0 Å². The molecule has 1 aromatic rings. The van der Waals surface area contributed by atoms with E-state index in [1.54, 1.807) is 31.2 Å². The van der Waals surface area contributed by atoms with Crippen molar-refractivity contribution in [3.8, 4) is 11.5 Å². The fourth-order valence-corrected chi connectivity index (χ4v) is 1.21. The molecule has 16 heavy (non-hydrogen) atoms. The number of hydrogen-bond donors (Lipinski definition) is 1. The summed E-state index contributed by atoms with van der Waals surface area (Å²) < 4.78 is 10.1. The number of esters is 1. The van der Waals surface area contributed by atoms with Crippen molar-refractivity contribution < 1.29 is 19.4 Å². The molecular formula is C12H16O4. The standard InChI is InChI=1S/C12H16O4/c1-2-15-12(14)8-5-9-16-11-7-4-3-6-10(11)13/h3-4,6-7,13H,2,5,8-9H2,1H3. The summed E-state index contributed by atoms with van der Waals surface area (Å²) in [6, 6.07) is 6.74. The zero-order valence-corrected chi connectivity index (χ0v) is 9.31. The van der Waals surface area contributed by atoms with Crippen LogP contribution in [0.3, 0.4) is 0 Å². The normalized spacial score (nSPS) is 9.81. The molecule has 0 fully saturated rings. The number of rotatable bonds is 6. The van der Waals surface area contributed by atoms with Crippen LogP contribution in [0.2, 0.25) is 0 Å². The molecule has 0 unspecified atom stereocenters. The van der Waals surface area contributed by atoms with Gasteiger partial charge in [-0.1, -0.05) is 12.1 Å². The number of para-hydroxylation sites is 2. The van der Waals surface area contributed by atoms with Gasteiger partial charge in [0.15, 0.2) is 11.5 Å². The summed E-state index contributed by atoms with van der Waals surface area (Å²) in [5.74, 6) is 0.327. The maximum Gasteiger partial charge on any atom is 0.305 e. The molecule has 0 atom stereocenters. The van der Waals surface area contributed by atoms with E-state index in [1.807, 2.05) is 0 Å². The minimum absolute atomic E-state index is 0.110. The van der Waals surface area contributed by atoms with Crippen LogP contribution in [0.15, 0.2) is 24.3 Å². The van der Waals surface area contributed by atoms with Crippen molar-refractivity contribution in [3.63, 3.8) is 0 Å². The highest BCUT2D eigenvalue weighted by Gasteiger charge is 2.03. The lowest BCUT2D eigenvalue weighted by Gasteiger charge is -2.07. The Labute approximate surface area is 94.8 Å². The first-order chi connectivity index (χ1) is 7.74. The fraction of sp³-hybridized carbons (Fsp3) is 0.417. The van der Waals surface area contributed by atoms with E-state index in [0.717, 1.165) is 0 Å². The number of hydrogen-bond acceptors (Lipinski definition) is 4. The van der Waals surface area contributed by atoms with Gasteiger partial charge < -0.3 is 14.6 Å². The SMILES string of the molecule is CCOC(=O)CCCOc1ccccc1O. The zero-order valence-electron chi connectivity index (χ0n) is 9.31. The summed E-state index contributed by atoms with van der Waals surface area (Å²) in [6.07, 6.45) is 0.911. The molecule has 0 aliphatic heterocycles. The first-order valence-electron chi connectivity index (χ1n) is 5.30. The van der Waals surface area contributed by atoms with Crippen molar-refractivity contribution in [2.24, 2.45) is 0 Å². The average Bonchev–Trinajstić information content (AvgIpc) is 2.27. The van der Waals surface area contributed by atoms with Crippen molar-refractivity contribution in [2.75, 3.05) is 13.2 Å². The van der Waals surface area contributed by atoms with Gasteiger partial charge in [-0.15, -0.1) is 0 Å². The van der Waals surface area contributed by atoms with E-state index >= 15 is 0 Å². The zero-order chi connectivity index (χ0) is 11.8. The smallest absolute Gasteiger partial charge is 0.305 e. The molecule has 4 nitrogen and oxygen atoms in total. The summed E-state index contributed by atoms with van der Waals surface area (Å²) in [4.78, 5) is 11.0. The van der Waals surface area contributed by atoms with E-state index in [9.17, 15) is 9.90 Å². The van der Waals surface area contributed by atoms with Gasteiger partial charge in [0.1, 0.15) is 0 Å². The minimum atomic E-state index is -0.219. The van der Waals surface area contributed by atoms with Crippen molar-refractivity contribution in [2.45, 2.75) is 19.8 Å². The molecule has 4 heteroatoms. The molecule has 0 aliphatic carbocycles. The van der Waals surface area contributed by atoms with E-state index in [2.05, 4.69) is 0 Å². The van der Waals surface area contributed by atoms with Gasteiger partial charge in [0.05, 0.1) is 13.2 Å². The van der Waals surface area contributed by atoms with E-state index in [-0.39, 0.29) is 11.7 Å². The number of carbonyl (C=O) groups excluding carboxylic acids is 1. The highest BCUT2D eigenvalue weighted by Crippen LogP contribution is 2.24. The third-order valence-corrected chi connectivity index (χ3v) is 1.95. The lowest BCUT2D eigenvalue weighted by Crippen LogP contribution is -2.06. The Bertz CT molecular complexity index is 336. The lowest BCUT2D eigenvalue weighted by atomic mass is 10.3. The summed E-state index contributed by atoms with van der Waals surface area (Å²) in [5, 5.41) is 9.39. The highest BCUT2D eigenvalue weighted by atomic mass is 16.5.